The standard InChI is InChI=1S/C20H24O8S/c1-14(15-3-4-17-12-18(26-2)6-5-16(17)11-15)20(23)28-13-19(22)27-8-10-29(24,25)9-7-21/h3-6,11-12,14,21H,7-10,13H2,1-2H3. The van der Waals surface area contributed by atoms with Gasteiger partial charge in [0, 0.05) is 0 Å². The normalized spacial score (nSPS) is 12.4. The molecule has 0 saturated heterocycles. The molecule has 2 aromatic carbocycles. The van der Waals surface area contributed by atoms with Crippen LogP contribution in [0.3, 0.4) is 0 Å². The number of carbonyl (C=O) groups is 2. The predicted molar refractivity (Wildman–Crippen MR) is 107 cm³/mol. The number of hydrogen-bond acceptors (Lipinski definition) is 8. The number of ether oxygens (including phenoxy) is 3. The third-order valence-corrected chi connectivity index (χ3v) is 5.91. The van der Waals surface area contributed by atoms with Gasteiger partial charge in [-0.25, -0.2) is 13.2 Å². The Morgan fingerprint density at radius 3 is 2.41 bits per heavy atom. The molecule has 0 amide bonds. The topological polar surface area (TPSA) is 116 Å². The molecule has 0 radical (unpaired) electrons. The number of methoxy groups -OCH3 is 1. The van der Waals surface area contributed by atoms with Crippen molar-refractivity contribution in [2.45, 2.75) is 12.8 Å². The molecular weight excluding hydrogens is 400 g/mol. The summed E-state index contributed by atoms with van der Waals surface area (Å²) in [6, 6.07) is 11.1. The maximum absolute atomic E-state index is 12.2. The van der Waals surface area contributed by atoms with Crippen LogP contribution >= 0.6 is 0 Å². The third kappa shape index (κ3) is 6.72. The minimum atomic E-state index is -3.47. The van der Waals surface area contributed by atoms with Crippen molar-refractivity contribution in [1.82, 2.24) is 0 Å². The van der Waals surface area contributed by atoms with E-state index in [1.807, 2.05) is 30.3 Å². The minimum absolute atomic E-state index is 0.359. The maximum atomic E-state index is 12.2. The van der Waals surface area contributed by atoms with E-state index in [9.17, 15) is 18.0 Å². The predicted octanol–water partition coefficient (Wildman–Crippen LogP) is 1.45. The number of hydrogen-bond donors (Lipinski definition) is 1. The zero-order chi connectivity index (χ0) is 21.4. The SMILES string of the molecule is COc1ccc2cc(C(C)C(=O)OCC(=O)OCCS(=O)(=O)CCO)ccc2c1. The molecular formula is C20H24O8S. The van der Waals surface area contributed by atoms with Gasteiger partial charge >= 0.3 is 11.9 Å². The van der Waals surface area contributed by atoms with E-state index in [1.54, 1.807) is 20.1 Å². The first-order chi connectivity index (χ1) is 13.8. The van der Waals surface area contributed by atoms with Crippen molar-refractivity contribution in [3.8, 4) is 5.75 Å². The molecule has 8 nitrogen and oxygen atoms in total. The Kier molecular flexibility index (Phi) is 7.98. The Morgan fingerprint density at radius 2 is 1.72 bits per heavy atom. The molecule has 0 aliphatic carbocycles. The molecule has 0 aromatic heterocycles. The molecule has 29 heavy (non-hydrogen) atoms. The number of aliphatic hydroxyl groups excluding tert-OH is 1. The number of carbonyl (C=O) groups excluding carboxylic acids is 2. The van der Waals surface area contributed by atoms with Gasteiger partial charge in [-0.2, -0.15) is 0 Å². The Bertz CT molecular complexity index is 968. The van der Waals surface area contributed by atoms with Crippen molar-refractivity contribution in [1.29, 1.82) is 0 Å². The van der Waals surface area contributed by atoms with E-state index >= 15 is 0 Å². The molecule has 0 aliphatic rings. The molecule has 158 valence electrons. The van der Waals surface area contributed by atoms with Gasteiger partial charge in [0.15, 0.2) is 16.4 Å². The molecule has 1 atom stereocenters. The van der Waals surface area contributed by atoms with Gasteiger partial charge in [-0.05, 0) is 35.4 Å². The van der Waals surface area contributed by atoms with E-state index in [4.69, 9.17) is 19.3 Å². The largest absolute Gasteiger partial charge is 0.497 e. The van der Waals surface area contributed by atoms with Gasteiger partial charge < -0.3 is 19.3 Å². The van der Waals surface area contributed by atoms with Crippen LogP contribution in [-0.4, -0.2) is 63.9 Å². The van der Waals surface area contributed by atoms with Gasteiger partial charge in [-0.3, -0.25) is 4.79 Å². The Labute approximate surface area is 169 Å². The maximum Gasteiger partial charge on any atom is 0.344 e. The van der Waals surface area contributed by atoms with Crippen LogP contribution in [-0.2, 0) is 28.9 Å². The van der Waals surface area contributed by atoms with Crippen LogP contribution in [0.5, 0.6) is 5.75 Å². The van der Waals surface area contributed by atoms with Gasteiger partial charge in [-0.15, -0.1) is 0 Å². The summed E-state index contributed by atoms with van der Waals surface area (Å²) in [6.07, 6.45) is 0. The van der Waals surface area contributed by atoms with Gasteiger partial charge in [0.1, 0.15) is 12.4 Å². The molecule has 1 N–H and O–H groups in total. The molecule has 2 aromatic rings. The van der Waals surface area contributed by atoms with Crippen molar-refractivity contribution < 1.29 is 37.3 Å². The smallest absolute Gasteiger partial charge is 0.344 e. The molecule has 0 saturated carbocycles. The van der Waals surface area contributed by atoms with Crippen LogP contribution in [0.15, 0.2) is 36.4 Å². The van der Waals surface area contributed by atoms with Crippen LogP contribution < -0.4 is 4.74 Å². The second-order valence-electron chi connectivity index (χ2n) is 6.40. The second-order valence-corrected chi connectivity index (χ2v) is 8.70. The van der Waals surface area contributed by atoms with Crippen LogP contribution in [0.25, 0.3) is 10.8 Å². The molecule has 0 fully saturated rings. The van der Waals surface area contributed by atoms with E-state index in [1.165, 1.54) is 0 Å². The van der Waals surface area contributed by atoms with E-state index in [-0.39, 0.29) is 6.61 Å². The van der Waals surface area contributed by atoms with E-state index in [0.29, 0.717) is 0 Å². The number of benzene rings is 2. The first-order valence-corrected chi connectivity index (χ1v) is 10.8. The Morgan fingerprint density at radius 1 is 1.03 bits per heavy atom. The number of esters is 2. The van der Waals surface area contributed by atoms with Crippen LogP contribution in [0, 0.1) is 0 Å². The summed E-state index contributed by atoms with van der Waals surface area (Å²) in [6.45, 7) is 0.213. The molecule has 0 bridgehead atoms. The van der Waals surface area contributed by atoms with Crippen molar-refractivity contribution >= 4 is 32.5 Å². The molecule has 0 spiro atoms. The average Bonchev–Trinajstić information content (AvgIpc) is 2.70. The van der Waals surface area contributed by atoms with E-state index in [0.717, 1.165) is 22.1 Å². The van der Waals surface area contributed by atoms with Gasteiger partial charge in [0.2, 0.25) is 0 Å². The zero-order valence-corrected chi connectivity index (χ0v) is 17.1. The fourth-order valence-corrected chi connectivity index (χ4v) is 3.41. The summed E-state index contributed by atoms with van der Waals surface area (Å²) in [4.78, 5) is 23.9. The number of sulfone groups is 1. The Hall–Kier alpha value is -2.65. The molecule has 2 rings (SSSR count). The Balaban J connectivity index is 1.87. The summed E-state index contributed by atoms with van der Waals surface area (Å²) < 4.78 is 37.7. The van der Waals surface area contributed by atoms with E-state index < -0.39 is 52.4 Å². The fraction of sp³-hybridized carbons (Fsp3) is 0.400. The van der Waals surface area contributed by atoms with Crippen molar-refractivity contribution in [2.75, 3.05) is 38.4 Å². The summed E-state index contributed by atoms with van der Waals surface area (Å²) in [5.41, 5.74) is 0.733. The monoisotopic (exact) mass is 424 g/mol. The number of rotatable bonds is 10. The summed E-state index contributed by atoms with van der Waals surface area (Å²) in [5.74, 6) is -2.08. The summed E-state index contributed by atoms with van der Waals surface area (Å²) in [7, 11) is -1.88. The van der Waals surface area contributed by atoms with Crippen molar-refractivity contribution in [2.24, 2.45) is 0 Å². The van der Waals surface area contributed by atoms with Crippen LogP contribution in [0.2, 0.25) is 0 Å². The quantitative estimate of drug-likeness (QED) is 0.570. The minimum Gasteiger partial charge on any atom is -0.497 e. The summed E-state index contributed by atoms with van der Waals surface area (Å²) in [5, 5.41) is 10.5. The molecule has 0 heterocycles. The second kappa shape index (κ2) is 10.2. The number of fused-ring (bicyclic) bond motifs is 1. The van der Waals surface area contributed by atoms with E-state index in [2.05, 4.69) is 0 Å². The van der Waals surface area contributed by atoms with Crippen LogP contribution in [0.4, 0.5) is 0 Å². The van der Waals surface area contributed by atoms with Crippen LogP contribution in [0.1, 0.15) is 18.4 Å². The van der Waals surface area contributed by atoms with Gasteiger partial charge in [-0.1, -0.05) is 24.3 Å². The highest BCUT2D eigenvalue weighted by Gasteiger charge is 2.19. The lowest BCUT2D eigenvalue weighted by Gasteiger charge is -2.13. The highest BCUT2D eigenvalue weighted by molar-refractivity contribution is 7.91. The lowest BCUT2D eigenvalue weighted by molar-refractivity contribution is -0.159. The lowest BCUT2D eigenvalue weighted by atomic mass is 9.98. The van der Waals surface area contributed by atoms with Crippen molar-refractivity contribution in [3.63, 3.8) is 0 Å². The van der Waals surface area contributed by atoms with Gasteiger partial charge in [0.25, 0.3) is 0 Å². The number of aliphatic hydroxyl groups is 1. The average molecular weight is 424 g/mol. The van der Waals surface area contributed by atoms with Crippen molar-refractivity contribution in [3.05, 3.63) is 42.0 Å². The fourth-order valence-electron chi connectivity index (χ4n) is 2.60. The highest BCUT2D eigenvalue weighted by atomic mass is 32.2. The summed E-state index contributed by atoms with van der Waals surface area (Å²) >= 11 is 0. The molecule has 0 aliphatic heterocycles. The molecule has 1 unspecified atom stereocenters. The zero-order valence-electron chi connectivity index (χ0n) is 16.3. The van der Waals surface area contributed by atoms with Gasteiger partial charge in [0.05, 0.1) is 31.1 Å². The lowest BCUT2D eigenvalue weighted by Crippen LogP contribution is -2.23. The third-order valence-electron chi connectivity index (χ3n) is 4.32. The molecule has 9 heteroatoms. The first kappa shape index (κ1) is 22.6. The first-order valence-electron chi connectivity index (χ1n) is 8.97. The highest BCUT2D eigenvalue weighted by Crippen LogP contribution is 2.25.